The van der Waals surface area contributed by atoms with Gasteiger partial charge in [-0.2, -0.15) is 0 Å². The summed E-state index contributed by atoms with van der Waals surface area (Å²) in [7, 11) is 0.142. The van der Waals surface area contributed by atoms with E-state index in [0.717, 1.165) is 12.8 Å². The van der Waals surface area contributed by atoms with Crippen LogP contribution in [-0.4, -0.2) is 23.7 Å². The maximum absolute atomic E-state index is 9.78. The lowest BCUT2D eigenvalue weighted by molar-refractivity contribution is 0.0829. The van der Waals surface area contributed by atoms with Crippen molar-refractivity contribution >= 4 is 7.48 Å². The first-order chi connectivity index (χ1) is 6.42. The van der Waals surface area contributed by atoms with Gasteiger partial charge >= 0.3 is 0 Å². The fraction of sp³-hybridized carbons (Fsp3) is 1.00. The molecule has 82 valence electrons. The van der Waals surface area contributed by atoms with Crippen molar-refractivity contribution in [2.75, 3.05) is 0 Å². The molecular weight excluding hydrogens is 175 g/mol. The van der Waals surface area contributed by atoms with Crippen LogP contribution in [0.5, 0.6) is 0 Å². The summed E-state index contributed by atoms with van der Waals surface area (Å²) in [4.78, 5) is 0. The third kappa shape index (κ3) is 3.62. The molecule has 0 saturated heterocycles. The zero-order valence-corrected chi connectivity index (χ0v) is 9.66. The second-order valence-electron chi connectivity index (χ2n) is 5.95. The number of aliphatic hydroxyl groups excluding tert-OH is 1. The highest BCUT2D eigenvalue weighted by molar-refractivity contribution is 6.28. The molecule has 3 atom stereocenters. The van der Waals surface area contributed by atoms with Crippen LogP contribution in [-0.2, 0) is 0 Å². The largest absolute Gasteiger partial charge is 0.454 e. The molecule has 3 heteroatoms. The van der Waals surface area contributed by atoms with Crippen LogP contribution in [0.25, 0.3) is 0 Å². The van der Waals surface area contributed by atoms with E-state index in [1.165, 1.54) is 12.8 Å². The first-order valence-corrected chi connectivity index (χ1v) is 5.71. The molecule has 0 amide bonds. The van der Waals surface area contributed by atoms with Crippen molar-refractivity contribution in [3.63, 3.8) is 0 Å². The fourth-order valence-electron chi connectivity index (χ4n) is 2.56. The van der Waals surface area contributed by atoms with E-state index in [-0.39, 0.29) is 19.4 Å². The average Bonchev–Trinajstić information content (AvgIpc) is 2.01. The van der Waals surface area contributed by atoms with Crippen LogP contribution in [0, 0.1) is 11.3 Å². The lowest BCUT2D eigenvalue weighted by Crippen LogP contribution is -2.30. The van der Waals surface area contributed by atoms with E-state index in [4.69, 9.17) is 5.02 Å². The van der Waals surface area contributed by atoms with E-state index in [1.54, 1.807) is 0 Å². The molecule has 0 aromatic heterocycles. The van der Waals surface area contributed by atoms with E-state index in [2.05, 4.69) is 20.8 Å². The van der Waals surface area contributed by atoms with Crippen molar-refractivity contribution in [3.05, 3.63) is 0 Å². The summed E-state index contributed by atoms with van der Waals surface area (Å²) in [5.74, 6) is 0.777. The van der Waals surface area contributed by atoms with Crippen LogP contribution >= 0.6 is 0 Å². The van der Waals surface area contributed by atoms with Crippen molar-refractivity contribution in [3.8, 4) is 0 Å². The molecule has 1 saturated carbocycles. The van der Waals surface area contributed by atoms with Gasteiger partial charge in [0.15, 0.2) is 0 Å². The molecule has 1 fully saturated rings. The molecule has 1 aliphatic carbocycles. The number of hydrogen-bond donors (Lipinski definition) is 2. The second-order valence-corrected chi connectivity index (χ2v) is 5.95. The van der Waals surface area contributed by atoms with Gasteiger partial charge in [-0.05, 0) is 30.0 Å². The molecule has 0 aromatic rings. The van der Waals surface area contributed by atoms with E-state index in [9.17, 15) is 5.11 Å². The minimum Gasteiger partial charge on any atom is -0.454 e. The quantitative estimate of drug-likeness (QED) is 0.663. The molecule has 2 unspecified atom stereocenters. The predicted molar refractivity (Wildman–Crippen MR) is 60.5 cm³/mol. The normalized spacial score (nSPS) is 34.2. The van der Waals surface area contributed by atoms with Crippen LogP contribution < -0.4 is 0 Å². The van der Waals surface area contributed by atoms with Crippen molar-refractivity contribution in [1.29, 1.82) is 0 Å². The molecular formula is C11H23BO2. The number of rotatable bonds is 2. The van der Waals surface area contributed by atoms with Crippen molar-refractivity contribution < 1.29 is 10.1 Å². The van der Waals surface area contributed by atoms with Crippen molar-refractivity contribution in [1.82, 2.24) is 0 Å². The lowest BCUT2D eigenvalue weighted by atomic mass is 9.64. The van der Waals surface area contributed by atoms with E-state index in [1.807, 2.05) is 0 Å². The molecule has 0 aromatic carbocycles. The number of aliphatic hydroxyl groups is 1. The first-order valence-electron chi connectivity index (χ1n) is 5.71. The van der Waals surface area contributed by atoms with Crippen LogP contribution in [0.15, 0.2) is 0 Å². The van der Waals surface area contributed by atoms with Gasteiger partial charge in [0.05, 0.1) is 6.10 Å². The van der Waals surface area contributed by atoms with Gasteiger partial charge in [0.2, 0.25) is 0 Å². The average molecular weight is 198 g/mol. The summed E-state index contributed by atoms with van der Waals surface area (Å²) in [6.07, 6.45) is 3.93. The first kappa shape index (κ1) is 12.1. The molecule has 2 N–H and O–H groups in total. The Kier molecular flexibility index (Phi) is 4.02. The maximum atomic E-state index is 9.78. The van der Waals surface area contributed by atoms with Gasteiger partial charge in [-0.25, -0.2) is 0 Å². The molecule has 0 radical (unpaired) electrons. The number of hydrogen-bond acceptors (Lipinski definition) is 2. The van der Waals surface area contributed by atoms with E-state index >= 15 is 0 Å². The summed E-state index contributed by atoms with van der Waals surface area (Å²) >= 11 is 0. The molecule has 0 aliphatic heterocycles. The Morgan fingerprint density at radius 1 is 1.29 bits per heavy atom. The Morgan fingerprint density at radius 2 is 1.93 bits per heavy atom. The minimum absolute atomic E-state index is 0.131. The van der Waals surface area contributed by atoms with E-state index in [0.29, 0.717) is 11.3 Å². The Bertz CT molecular complexity index is 177. The van der Waals surface area contributed by atoms with Crippen LogP contribution in [0.4, 0.5) is 0 Å². The fourth-order valence-corrected chi connectivity index (χ4v) is 2.56. The highest BCUT2D eigenvalue weighted by Gasteiger charge is 2.31. The minimum atomic E-state index is -0.277. The Balaban J connectivity index is 2.39. The summed E-state index contributed by atoms with van der Waals surface area (Å²) < 4.78 is 0. The van der Waals surface area contributed by atoms with Gasteiger partial charge in [0, 0.05) is 0 Å². The smallest absolute Gasteiger partial charge is 0.276 e. The second kappa shape index (κ2) is 4.67. The summed E-state index contributed by atoms with van der Waals surface area (Å²) in [6, 6.07) is 0. The topological polar surface area (TPSA) is 40.5 Å². The van der Waals surface area contributed by atoms with Gasteiger partial charge in [-0.3, -0.25) is 0 Å². The van der Waals surface area contributed by atoms with Gasteiger partial charge in [-0.1, -0.05) is 33.6 Å². The molecule has 0 heterocycles. The highest BCUT2D eigenvalue weighted by atomic mass is 16.3. The molecule has 0 spiro atoms. The summed E-state index contributed by atoms with van der Waals surface area (Å²) in [5, 5.41) is 18.8. The van der Waals surface area contributed by atoms with Crippen LogP contribution in [0.3, 0.4) is 0 Å². The zero-order valence-electron chi connectivity index (χ0n) is 9.66. The van der Waals surface area contributed by atoms with Crippen molar-refractivity contribution in [2.24, 2.45) is 11.3 Å². The molecule has 14 heavy (non-hydrogen) atoms. The van der Waals surface area contributed by atoms with Crippen molar-refractivity contribution in [2.45, 2.75) is 58.4 Å². The Morgan fingerprint density at radius 3 is 2.36 bits per heavy atom. The maximum Gasteiger partial charge on any atom is 0.276 e. The van der Waals surface area contributed by atoms with E-state index < -0.39 is 0 Å². The van der Waals surface area contributed by atoms with Gasteiger partial charge in [0.1, 0.15) is 0 Å². The van der Waals surface area contributed by atoms with Gasteiger partial charge in [0.25, 0.3) is 7.48 Å². The monoisotopic (exact) mass is 198 g/mol. The van der Waals surface area contributed by atoms with Crippen LogP contribution in [0.1, 0.15) is 46.5 Å². The SMILES string of the molecule is CC(C)(C)CC1CC[C@@H](BO)C(O)C1. The molecule has 2 nitrogen and oxygen atoms in total. The Hall–Kier alpha value is -0.0151. The standard InChI is InChI=1S/C11H23BO2/c1-11(2,3)7-8-4-5-9(12-14)10(13)6-8/h8-10,12-14H,4-7H2,1-3H3/t8?,9-,10?/m1/s1. The zero-order chi connectivity index (χ0) is 10.8. The van der Waals surface area contributed by atoms with Crippen LogP contribution in [0.2, 0.25) is 5.82 Å². The van der Waals surface area contributed by atoms with Gasteiger partial charge < -0.3 is 10.1 Å². The van der Waals surface area contributed by atoms with Gasteiger partial charge in [-0.15, -0.1) is 0 Å². The molecule has 0 bridgehead atoms. The lowest BCUT2D eigenvalue weighted by Gasteiger charge is -2.35. The summed E-state index contributed by atoms with van der Waals surface area (Å²) in [5.41, 5.74) is 0.358. The third-order valence-corrected chi connectivity index (χ3v) is 3.20. The third-order valence-electron chi connectivity index (χ3n) is 3.20. The predicted octanol–water partition coefficient (Wildman–Crippen LogP) is 1.72. The molecule has 1 aliphatic rings. The Labute approximate surface area is 88.0 Å². The highest BCUT2D eigenvalue weighted by Crippen LogP contribution is 2.38. The summed E-state index contributed by atoms with van der Waals surface area (Å²) in [6.45, 7) is 6.74. The molecule has 1 rings (SSSR count).